The monoisotopic (exact) mass is 540 g/mol. The second kappa shape index (κ2) is 11.4. The molecule has 1 atom stereocenters. The van der Waals surface area contributed by atoms with Crippen molar-refractivity contribution in [3.8, 4) is 11.5 Å². The molecule has 1 N–H and O–H groups in total. The van der Waals surface area contributed by atoms with E-state index in [-0.39, 0.29) is 5.97 Å². The molecule has 35 heavy (non-hydrogen) atoms. The number of hydrogen-bond donors (Lipinski definition) is 1. The van der Waals surface area contributed by atoms with Crippen LogP contribution in [0.1, 0.15) is 50.8 Å². The molecule has 0 spiro atoms. The molecule has 1 aliphatic rings. The lowest BCUT2D eigenvalue weighted by atomic mass is 9.95. The van der Waals surface area contributed by atoms with Crippen LogP contribution in [0, 0.1) is 0 Å². The number of benzene rings is 2. The molecule has 0 saturated heterocycles. The average Bonchev–Trinajstić information content (AvgIpc) is 3.31. The van der Waals surface area contributed by atoms with E-state index in [1.807, 2.05) is 56.3 Å². The minimum Gasteiger partial charge on any atom is -0.490 e. The van der Waals surface area contributed by atoms with Gasteiger partial charge in [-0.05, 0) is 55.7 Å². The molecule has 2 heterocycles. The van der Waals surface area contributed by atoms with Gasteiger partial charge in [-0.15, -0.1) is 0 Å². The van der Waals surface area contributed by atoms with Gasteiger partial charge >= 0.3 is 5.97 Å². The average molecular weight is 541 g/mol. The maximum Gasteiger partial charge on any atom is 0.338 e. The van der Waals surface area contributed by atoms with Crippen LogP contribution in [0.2, 0.25) is 0 Å². The van der Waals surface area contributed by atoms with E-state index in [1.54, 1.807) is 4.68 Å². The van der Waals surface area contributed by atoms with Gasteiger partial charge in [0.2, 0.25) is 5.95 Å². The number of aromatic nitrogens is 3. The van der Waals surface area contributed by atoms with Crippen LogP contribution in [-0.2, 0) is 16.1 Å². The third kappa shape index (κ3) is 5.67. The third-order valence-corrected chi connectivity index (χ3v) is 6.16. The van der Waals surface area contributed by atoms with Gasteiger partial charge in [0, 0.05) is 10.2 Å². The van der Waals surface area contributed by atoms with Crippen molar-refractivity contribution in [3.63, 3.8) is 0 Å². The smallest absolute Gasteiger partial charge is 0.338 e. The van der Waals surface area contributed by atoms with Crippen molar-refractivity contribution >= 4 is 27.8 Å². The molecule has 0 aliphatic carbocycles. The first-order chi connectivity index (χ1) is 17.0. The Balaban J connectivity index is 1.66. The number of hydrogen-bond acceptors (Lipinski definition) is 7. The Bertz CT molecular complexity index is 1210. The van der Waals surface area contributed by atoms with Crippen molar-refractivity contribution < 1.29 is 19.0 Å². The first-order valence-electron chi connectivity index (χ1n) is 11.7. The topological polar surface area (TPSA) is 87.5 Å². The van der Waals surface area contributed by atoms with Gasteiger partial charge in [0.15, 0.2) is 11.5 Å². The summed E-state index contributed by atoms with van der Waals surface area (Å²) in [5.41, 5.74) is 3.04. The summed E-state index contributed by atoms with van der Waals surface area (Å²) in [7, 11) is 0. The van der Waals surface area contributed by atoms with Crippen molar-refractivity contribution in [3.05, 3.63) is 75.7 Å². The number of carbonyl (C=O) groups is 1. The van der Waals surface area contributed by atoms with Gasteiger partial charge in [-0.2, -0.15) is 10.1 Å². The van der Waals surface area contributed by atoms with E-state index in [0.717, 1.165) is 28.4 Å². The number of carbonyl (C=O) groups excluding carboxylic acids is 1. The lowest BCUT2D eigenvalue weighted by molar-refractivity contribution is -0.139. The zero-order chi connectivity index (χ0) is 24.8. The van der Waals surface area contributed by atoms with Crippen LogP contribution < -0.4 is 14.8 Å². The van der Waals surface area contributed by atoms with E-state index in [4.69, 9.17) is 14.2 Å². The van der Waals surface area contributed by atoms with E-state index in [0.29, 0.717) is 48.5 Å². The molecule has 1 aromatic heterocycles. The van der Waals surface area contributed by atoms with Crippen molar-refractivity contribution in [1.29, 1.82) is 0 Å². The Kier molecular flexibility index (Phi) is 8.07. The van der Waals surface area contributed by atoms with Gasteiger partial charge in [0.05, 0.1) is 18.8 Å². The first kappa shape index (κ1) is 24.8. The molecular weight excluding hydrogens is 512 g/mol. The maximum absolute atomic E-state index is 13.1. The number of ether oxygens (including phenoxy) is 3. The van der Waals surface area contributed by atoms with Crippen LogP contribution in [0.15, 0.2) is 64.5 Å². The Morgan fingerprint density at radius 2 is 1.91 bits per heavy atom. The Hall–Kier alpha value is -3.33. The summed E-state index contributed by atoms with van der Waals surface area (Å²) in [6, 6.07) is 13.1. The third-order valence-electron chi connectivity index (χ3n) is 5.64. The number of nitrogens with one attached hydrogen (secondary N) is 1. The minimum atomic E-state index is -0.511. The standard InChI is InChI=1S/C26H29BrN4O4/c1-4-6-13-34-25(32)23-17(3)30-26-28-16-29-31(26)24(23)19-9-12-21(22(14-19)33-5-2)35-15-18-7-10-20(27)11-8-18/h7-12,14,16,24H,4-6,13,15H2,1-3H3,(H,28,29,30). The molecule has 0 fully saturated rings. The molecule has 0 saturated carbocycles. The number of anilines is 1. The quantitative estimate of drug-likeness (QED) is 0.262. The van der Waals surface area contributed by atoms with Crippen LogP contribution in [0.3, 0.4) is 0 Å². The summed E-state index contributed by atoms with van der Waals surface area (Å²) in [5.74, 6) is 1.41. The van der Waals surface area contributed by atoms with Gasteiger partial charge in [-0.1, -0.05) is 47.5 Å². The van der Waals surface area contributed by atoms with Crippen LogP contribution in [0.4, 0.5) is 5.95 Å². The number of esters is 1. The molecule has 4 rings (SSSR count). The molecule has 2 aromatic carbocycles. The summed E-state index contributed by atoms with van der Waals surface area (Å²) < 4.78 is 20.3. The number of allylic oxidation sites excluding steroid dienone is 1. The summed E-state index contributed by atoms with van der Waals surface area (Å²) >= 11 is 3.45. The Morgan fingerprint density at radius 1 is 1.11 bits per heavy atom. The fraction of sp³-hybridized carbons (Fsp3) is 0.346. The summed E-state index contributed by atoms with van der Waals surface area (Å²) in [6.07, 6.45) is 3.22. The van der Waals surface area contributed by atoms with Gasteiger partial charge in [-0.25, -0.2) is 9.48 Å². The molecule has 8 nitrogen and oxygen atoms in total. The fourth-order valence-electron chi connectivity index (χ4n) is 3.87. The van der Waals surface area contributed by atoms with Gasteiger partial charge in [0.1, 0.15) is 19.0 Å². The predicted octanol–water partition coefficient (Wildman–Crippen LogP) is 5.65. The highest BCUT2D eigenvalue weighted by Crippen LogP contribution is 2.39. The fourth-order valence-corrected chi connectivity index (χ4v) is 4.14. The number of rotatable bonds is 10. The number of fused-ring (bicyclic) bond motifs is 1. The lowest BCUT2D eigenvalue weighted by Gasteiger charge is -2.28. The molecule has 1 aliphatic heterocycles. The molecule has 9 heteroatoms. The van der Waals surface area contributed by atoms with Crippen LogP contribution >= 0.6 is 15.9 Å². The van der Waals surface area contributed by atoms with Gasteiger partial charge < -0.3 is 19.5 Å². The second-order valence-electron chi connectivity index (χ2n) is 8.14. The largest absolute Gasteiger partial charge is 0.490 e. The normalized spacial score (nSPS) is 14.8. The summed E-state index contributed by atoms with van der Waals surface area (Å²) in [6.45, 7) is 7.07. The van der Waals surface area contributed by atoms with Crippen LogP contribution in [-0.4, -0.2) is 33.9 Å². The zero-order valence-electron chi connectivity index (χ0n) is 20.1. The van der Waals surface area contributed by atoms with Crippen molar-refractivity contribution in [1.82, 2.24) is 14.8 Å². The Labute approximate surface area is 213 Å². The van der Waals surface area contributed by atoms with E-state index >= 15 is 0 Å². The zero-order valence-corrected chi connectivity index (χ0v) is 21.7. The second-order valence-corrected chi connectivity index (χ2v) is 9.05. The van der Waals surface area contributed by atoms with E-state index in [2.05, 4.69) is 38.3 Å². The van der Waals surface area contributed by atoms with E-state index in [1.165, 1.54) is 6.33 Å². The molecule has 0 amide bonds. The Morgan fingerprint density at radius 3 is 2.66 bits per heavy atom. The molecule has 0 radical (unpaired) electrons. The van der Waals surface area contributed by atoms with Crippen LogP contribution in [0.25, 0.3) is 0 Å². The molecule has 0 bridgehead atoms. The van der Waals surface area contributed by atoms with Crippen molar-refractivity contribution in [2.75, 3.05) is 18.5 Å². The van der Waals surface area contributed by atoms with Gasteiger partial charge in [0.25, 0.3) is 0 Å². The number of halogens is 1. The highest BCUT2D eigenvalue weighted by Gasteiger charge is 2.34. The van der Waals surface area contributed by atoms with E-state index < -0.39 is 6.04 Å². The lowest BCUT2D eigenvalue weighted by Crippen LogP contribution is -2.29. The summed E-state index contributed by atoms with van der Waals surface area (Å²) in [5, 5.41) is 7.55. The maximum atomic E-state index is 13.1. The highest BCUT2D eigenvalue weighted by molar-refractivity contribution is 9.10. The van der Waals surface area contributed by atoms with Crippen molar-refractivity contribution in [2.45, 2.75) is 46.3 Å². The predicted molar refractivity (Wildman–Crippen MR) is 136 cm³/mol. The SMILES string of the molecule is CCCCOC(=O)C1=C(C)Nc2ncnn2C1c1ccc(OCc2ccc(Br)cc2)c(OCC)c1. The molecule has 184 valence electrons. The van der Waals surface area contributed by atoms with Crippen molar-refractivity contribution in [2.24, 2.45) is 0 Å². The first-order valence-corrected chi connectivity index (χ1v) is 12.5. The number of nitrogens with zero attached hydrogens (tertiary/aromatic N) is 3. The number of unbranched alkanes of at least 4 members (excludes halogenated alkanes) is 1. The minimum absolute atomic E-state index is 0.371. The molecular formula is C26H29BrN4O4. The van der Waals surface area contributed by atoms with E-state index in [9.17, 15) is 4.79 Å². The molecule has 1 unspecified atom stereocenters. The molecule has 3 aromatic rings. The summed E-state index contributed by atoms with van der Waals surface area (Å²) in [4.78, 5) is 17.4. The highest BCUT2D eigenvalue weighted by atomic mass is 79.9. The van der Waals surface area contributed by atoms with Crippen LogP contribution in [0.5, 0.6) is 11.5 Å². The van der Waals surface area contributed by atoms with Gasteiger partial charge in [-0.3, -0.25) is 0 Å².